The number of cyclic esters (lactones) is 1. The van der Waals surface area contributed by atoms with Gasteiger partial charge in [-0.3, -0.25) is 4.79 Å². The summed E-state index contributed by atoms with van der Waals surface area (Å²) in [6.45, 7) is 8.18. The van der Waals surface area contributed by atoms with E-state index in [9.17, 15) is 29.7 Å². The first-order valence-corrected chi connectivity index (χ1v) is 15.6. The van der Waals surface area contributed by atoms with E-state index in [2.05, 4.69) is 18.8 Å². The summed E-state index contributed by atoms with van der Waals surface area (Å²) in [5, 5.41) is 35.0. The third-order valence-corrected chi connectivity index (χ3v) is 10.5. The van der Waals surface area contributed by atoms with Gasteiger partial charge in [0.1, 0.15) is 6.61 Å². The summed E-state index contributed by atoms with van der Waals surface area (Å²) in [7, 11) is 0. The van der Waals surface area contributed by atoms with Gasteiger partial charge >= 0.3 is 11.9 Å². The van der Waals surface area contributed by atoms with Gasteiger partial charge in [0, 0.05) is 99.1 Å². The molecule has 2 aromatic rings. The van der Waals surface area contributed by atoms with Gasteiger partial charge in [0.2, 0.25) is 0 Å². The van der Waals surface area contributed by atoms with Crippen molar-refractivity contribution in [1.82, 2.24) is 5.32 Å². The second-order valence-electron chi connectivity index (χ2n) is 13.1. The fourth-order valence-corrected chi connectivity index (χ4v) is 7.81. The van der Waals surface area contributed by atoms with Gasteiger partial charge in [-0.15, -0.1) is 0 Å². The number of ether oxygens (including phenoxy) is 2. The van der Waals surface area contributed by atoms with Gasteiger partial charge in [0.15, 0.2) is 12.2 Å². The zero-order chi connectivity index (χ0) is 32.4. The first-order valence-electron chi connectivity index (χ1n) is 15.6. The molecule has 9 nitrogen and oxygen atoms in total. The quantitative estimate of drug-likeness (QED) is 0.168. The SMILES string of the molecule is C=C1CCC2[C@](C)(CO)C(O)CC[C@]2(C)[C@H]1C/C=C1/C(=O)OCC1OC(=O)C(O)C(NC(=O)c1ccccc1)c1ccccc1.[Ac].[Ac]. The van der Waals surface area contributed by atoms with Crippen molar-refractivity contribution >= 4 is 17.8 Å². The van der Waals surface area contributed by atoms with Crippen LogP contribution in [0, 0.1) is 111 Å². The van der Waals surface area contributed by atoms with Gasteiger partial charge in [-0.1, -0.05) is 80.6 Å². The number of aliphatic hydroxyl groups excluding tert-OH is 3. The average Bonchev–Trinajstić information content (AvgIpc) is 3.39. The van der Waals surface area contributed by atoms with Crippen LogP contribution in [0.4, 0.5) is 0 Å². The minimum Gasteiger partial charge on any atom is -0.458 e. The second-order valence-corrected chi connectivity index (χ2v) is 13.1. The zero-order valence-electron chi connectivity index (χ0n) is 27.0. The van der Waals surface area contributed by atoms with E-state index in [1.807, 2.05) is 6.92 Å². The minimum atomic E-state index is -1.76. The Hall–Kier alpha value is -0.907. The number of hydrogen-bond acceptors (Lipinski definition) is 8. The van der Waals surface area contributed by atoms with Gasteiger partial charge in [-0.25, -0.2) is 9.59 Å². The van der Waals surface area contributed by atoms with Gasteiger partial charge in [0.25, 0.3) is 5.91 Å². The molecule has 1 amide bonds. The van der Waals surface area contributed by atoms with Crippen LogP contribution in [-0.4, -0.2) is 64.7 Å². The Balaban J connectivity index is 0.00000300. The summed E-state index contributed by atoms with van der Waals surface area (Å²) in [6, 6.07) is 16.0. The van der Waals surface area contributed by atoms with E-state index in [1.54, 1.807) is 66.7 Å². The van der Waals surface area contributed by atoms with E-state index in [0.717, 1.165) is 24.8 Å². The predicted octanol–water partition coefficient (Wildman–Crippen LogP) is 4.05. The molecule has 1 heterocycles. The van der Waals surface area contributed by atoms with Gasteiger partial charge < -0.3 is 30.1 Å². The summed E-state index contributed by atoms with van der Waals surface area (Å²) >= 11 is 0. The molecule has 0 bridgehead atoms. The summed E-state index contributed by atoms with van der Waals surface area (Å²) in [5.74, 6) is -2.02. The van der Waals surface area contributed by atoms with Crippen molar-refractivity contribution in [2.24, 2.45) is 22.7 Å². The Morgan fingerprint density at radius 1 is 1.09 bits per heavy atom. The van der Waals surface area contributed by atoms with Crippen molar-refractivity contribution in [3.8, 4) is 0 Å². The minimum absolute atomic E-state index is 0. The Kier molecular flexibility index (Phi) is 15.0. The maximum atomic E-state index is 13.3. The fraction of sp³-hybridized carbons (Fsp3) is 0.472. The number of allylic oxidation sites excluding steroid dienone is 2. The van der Waals surface area contributed by atoms with E-state index in [1.165, 1.54) is 0 Å². The molecule has 2 radical (unpaired) electrons. The number of nitrogens with one attached hydrogen (secondary N) is 1. The Morgan fingerprint density at radius 3 is 2.36 bits per heavy atom. The molecule has 2 saturated carbocycles. The van der Waals surface area contributed by atoms with Crippen molar-refractivity contribution < 1.29 is 127 Å². The first kappa shape index (κ1) is 40.5. The van der Waals surface area contributed by atoms with Crippen LogP contribution in [0.15, 0.2) is 84.5 Å². The molecule has 2 aromatic carbocycles. The van der Waals surface area contributed by atoms with Crippen molar-refractivity contribution in [1.29, 1.82) is 0 Å². The Labute approximate surface area is 348 Å². The summed E-state index contributed by atoms with van der Waals surface area (Å²) in [6.07, 6.45) is 1.70. The van der Waals surface area contributed by atoms with E-state index in [0.29, 0.717) is 24.0 Å². The number of fused-ring (bicyclic) bond motifs is 1. The molecule has 47 heavy (non-hydrogen) atoms. The molecule has 0 spiro atoms. The normalized spacial score (nSPS) is 30.5. The number of amides is 1. The van der Waals surface area contributed by atoms with Crippen LogP contribution in [0.2, 0.25) is 0 Å². The average molecular weight is 1070 g/mol. The summed E-state index contributed by atoms with van der Waals surface area (Å²) in [5.41, 5.74) is 1.23. The van der Waals surface area contributed by atoms with Crippen molar-refractivity contribution in [3.63, 3.8) is 0 Å². The maximum Gasteiger partial charge on any atom is 0.338 e. The number of rotatable bonds is 9. The van der Waals surface area contributed by atoms with E-state index in [-0.39, 0.29) is 124 Å². The summed E-state index contributed by atoms with van der Waals surface area (Å²) < 4.78 is 10.9. The molecule has 8 atom stereocenters. The molecule has 11 heteroatoms. The molecule has 4 N–H and O–H groups in total. The monoisotopic (exact) mass is 1070 g/mol. The van der Waals surface area contributed by atoms with E-state index < -0.39 is 47.6 Å². The van der Waals surface area contributed by atoms with Crippen LogP contribution in [0.1, 0.15) is 67.9 Å². The number of benzene rings is 2. The number of aliphatic hydroxyl groups is 3. The van der Waals surface area contributed by atoms with E-state index >= 15 is 0 Å². The second kappa shape index (κ2) is 17.3. The number of esters is 2. The van der Waals surface area contributed by atoms with Crippen LogP contribution in [0.25, 0.3) is 0 Å². The largest absolute Gasteiger partial charge is 0.458 e. The van der Waals surface area contributed by atoms with E-state index in [4.69, 9.17) is 9.47 Å². The molecule has 0 aromatic heterocycles. The molecule has 3 fully saturated rings. The van der Waals surface area contributed by atoms with Crippen LogP contribution in [-0.2, 0) is 19.1 Å². The van der Waals surface area contributed by atoms with Crippen molar-refractivity contribution in [2.45, 2.75) is 70.3 Å². The molecular formula is C36H43Ac2NO8. The molecular weight excluding hydrogens is 1030 g/mol. The molecule has 1 saturated heterocycles. The number of carbonyl (C=O) groups is 3. The topological polar surface area (TPSA) is 142 Å². The Bertz CT molecular complexity index is 1450. The zero-order valence-corrected chi connectivity index (χ0v) is 36.5. The van der Waals surface area contributed by atoms with Crippen molar-refractivity contribution in [2.75, 3.05) is 13.2 Å². The number of carbonyl (C=O) groups excluding carboxylic acids is 3. The Morgan fingerprint density at radius 2 is 1.72 bits per heavy atom. The van der Waals surface area contributed by atoms with Crippen LogP contribution >= 0.6 is 0 Å². The van der Waals surface area contributed by atoms with Crippen LogP contribution in [0.3, 0.4) is 0 Å². The molecule has 3 aliphatic rings. The third-order valence-electron chi connectivity index (χ3n) is 10.5. The smallest absolute Gasteiger partial charge is 0.338 e. The van der Waals surface area contributed by atoms with Gasteiger partial charge in [-0.05, 0) is 67.1 Å². The van der Waals surface area contributed by atoms with Crippen LogP contribution < -0.4 is 5.32 Å². The first-order chi connectivity index (χ1) is 21.5. The summed E-state index contributed by atoms with van der Waals surface area (Å²) in [4.78, 5) is 39.1. The molecule has 5 rings (SSSR count). The standard InChI is InChI=1S/C36H43NO8.2Ac/c1-22-14-17-28-35(2,19-18-29(39)36(28,3)21-38)26(22)16-15-25-27(20-44-33(25)42)45-34(43)31(40)30(23-10-6-4-7-11-23)37-32(41)24-12-8-5-9-13-24;;/h4-13,15,26-31,38-40H,1,14,16-21H2,2-3H3,(H,37,41);;/b25-15+;;/t26-,27?,28?,29?,30?,31?,35+,36-;;/m0../s1. The molecule has 5 unspecified atom stereocenters. The van der Waals surface area contributed by atoms with Gasteiger partial charge in [-0.2, -0.15) is 0 Å². The maximum absolute atomic E-state index is 13.3. The third kappa shape index (κ3) is 8.53. The fourth-order valence-electron chi connectivity index (χ4n) is 7.81. The molecule has 246 valence electrons. The van der Waals surface area contributed by atoms with Crippen molar-refractivity contribution in [3.05, 3.63) is 95.6 Å². The molecule has 1 aliphatic heterocycles. The molecule has 2 aliphatic carbocycles. The predicted molar refractivity (Wildman–Crippen MR) is 167 cm³/mol. The van der Waals surface area contributed by atoms with Gasteiger partial charge in [0.05, 0.1) is 24.3 Å². The number of hydrogen-bond donors (Lipinski definition) is 4. The van der Waals surface area contributed by atoms with Crippen LogP contribution in [0.5, 0.6) is 0 Å².